The van der Waals surface area contributed by atoms with E-state index in [4.69, 9.17) is 16.3 Å². The standard InChI is InChI=1S/C13H14ClN3O2/c14-11-3-1-2-4-12(11)19-8-6-13(18)15-9-10-5-7-16-17-10/h1-5,7H,6,8-9H2,(H,15,18)(H,16,17). The third kappa shape index (κ3) is 4.30. The number of halogens is 1. The van der Waals surface area contributed by atoms with Crippen molar-refractivity contribution >= 4 is 17.5 Å². The second kappa shape index (κ2) is 6.80. The van der Waals surface area contributed by atoms with E-state index in [0.29, 0.717) is 23.9 Å². The highest BCUT2D eigenvalue weighted by Crippen LogP contribution is 2.22. The molecule has 0 spiro atoms. The van der Waals surface area contributed by atoms with Crippen LogP contribution < -0.4 is 10.1 Å². The van der Waals surface area contributed by atoms with Crippen molar-refractivity contribution in [3.63, 3.8) is 0 Å². The lowest BCUT2D eigenvalue weighted by Gasteiger charge is -2.07. The van der Waals surface area contributed by atoms with E-state index >= 15 is 0 Å². The molecule has 19 heavy (non-hydrogen) atoms. The van der Waals surface area contributed by atoms with Gasteiger partial charge >= 0.3 is 0 Å². The highest BCUT2D eigenvalue weighted by molar-refractivity contribution is 6.32. The molecular formula is C13H14ClN3O2. The van der Waals surface area contributed by atoms with E-state index in [1.165, 1.54) is 0 Å². The molecule has 1 amide bonds. The van der Waals surface area contributed by atoms with Gasteiger partial charge in [-0.05, 0) is 18.2 Å². The number of nitrogens with zero attached hydrogens (tertiary/aromatic N) is 1. The Kier molecular flexibility index (Phi) is 4.80. The van der Waals surface area contributed by atoms with Gasteiger partial charge in [0.15, 0.2) is 0 Å². The molecule has 0 aliphatic carbocycles. The molecule has 0 aliphatic rings. The van der Waals surface area contributed by atoms with Gasteiger partial charge in [0.05, 0.1) is 30.3 Å². The third-order valence-electron chi connectivity index (χ3n) is 2.46. The number of carbonyl (C=O) groups is 1. The molecule has 2 N–H and O–H groups in total. The van der Waals surface area contributed by atoms with Gasteiger partial charge in [0.1, 0.15) is 5.75 Å². The van der Waals surface area contributed by atoms with Crippen LogP contribution in [0.3, 0.4) is 0 Å². The summed E-state index contributed by atoms with van der Waals surface area (Å²) in [4.78, 5) is 11.6. The normalized spacial score (nSPS) is 10.2. The molecule has 2 aromatic rings. The van der Waals surface area contributed by atoms with Crippen molar-refractivity contribution in [2.24, 2.45) is 0 Å². The number of benzene rings is 1. The van der Waals surface area contributed by atoms with Gasteiger partial charge in [-0.15, -0.1) is 0 Å². The highest BCUT2D eigenvalue weighted by atomic mass is 35.5. The van der Waals surface area contributed by atoms with Gasteiger partial charge < -0.3 is 10.1 Å². The van der Waals surface area contributed by atoms with Crippen LogP contribution in [-0.4, -0.2) is 22.7 Å². The van der Waals surface area contributed by atoms with Crippen LogP contribution in [0, 0.1) is 0 Å². The predicted molar refractivity (Wildman–Crippen MR) is 72.0 cm³/mol. The molecule has 1 aromatic carbocycles. The van der Waals surface area contributed by atoms with Crippen molar-refractivity contribution in [3.05, 3.63) is 47.2 Å². The zero-order valence-electron chi connectivity index (χ0n) is 10.2. The van der Waals surface area contributed by atoms with E-state index in [1.807, 2.05) is 12.1 Å². The summed E-state index contributed by atoms with van der Waals surface area (Å²) >= 11 is 5.93. The molecule has 1 heterocycles. The van der Waals surface area contributed by atoms with E-state index in [2.05, 4.69) is 15.5 Å². The molecular weight excluding hydrogens is 266 g/mol. The van der Waals surface area contributed by atoms with Crippen molar-refractivity contribution in [3.8, 4) is 5.75 Å². The van der Waals surface area contributed by atoms with Crippen LogP contribution in [-0.2, 0) is 11.3 Å². The van der Waals surface area contributed by atoms with Crippen molar-refractivity contribution in [2.45, 2.75) is 13.0 Å². The number of amides is 1. The Morgan fingerprint density at radius 1 is 1.37 bits per heavy atom. The molecule has 1 aromatic heterocycles. The summed E-state index contributed by atoms with van der Waals surface area (Å²) in [5, 5.41) is 9.87. The first-order valence-electron chi connectivity index (χ1n) is 5.88. The first kappa shape index (κ1) is 13.4. The summed E-state index contributed by atoms with van der Waals surface area (Å²) in [5.74, 6) is 0.507. The van der Waals surface area contributed by atoms with Crippen molar-refractivity contribution in [2.75, 3.05) is 6.61 Å². The molecule has 100 valence electrons. The summed E-state index contributed by atoms with van der Waals surface area (Å²) in [7, 11) is 0. The number of aromatic amines is 1. The summed E-state index contributed by atoms with van der Waals surface area (Å²) in [6.45, 7) is 0.726. The monoisotopic (exact) mass is 279 g/mol. The average molecular weight is 280 g/mol. The quantitative estimate of drug-likeness (QED) is 0.851. The summed E-state index contributed by atoms with van der Waals surface area (Å²) < 4.78 is 5.43. The smallest absolute Gasteiger partial charge is 0.223 e. The predicted octanol–water partition coefficient (Wildman–Crippen LogP) is 2.15. The van der Waals surface area contributed by atoms with Crippen LogP contribution in [0.25, 0.3) is 0 Å². The van der Waals surface area contributed by atoms with Crippen molar-refractivity contribution < 1.29 is 9.53 Å². The van der Waals surface area contributed by atoms with Gasteiger partial charge in [-0.25, -0.2) is 0 Å². The Hall–Kier alpha value is -2.01. The summed E-state index contributed by atoms with van der Waals surface area (Å²) in [6.07, 6.45) is 1.92. The molecule has 0 unspecified atom stereocenters. The molecule has 2 rings (SSSR count). The van der Waals surface area contributed by atoms with Crippen LogP contribution >= 0.6 is 11.6 Å². The van der Waals surface area contributed by atoms with E-state index in [-0.39, 0.29) is 12.3 Å². The maximum atomic E-state index is 11.6. The Labute approximate surface area is 115 Å². The SMILES string of the molecule is O=C(CCOc1ccccc1Cl)NCc1ccn[nH]1. The first-order chi connectivity index (χ1) is 9.25. The van der Waals surface area contributed by atoms with Gasteiger partial charge in [-0.1, -0.05) is 23.7 Å². The first-order valence-corrected chi connectivity index (χ1v) is 6.26. The lowest BCUT2D eigenvalue weighted by molar-refractivity contribution is -0.121. The molecule has 0 saturated heterocycles. The Bertz CT molecular complexity index is 528. The second-order valence-corrected chi connectivity index (χ2v) is 4.29. The molecule has 0 aliphatic heterocycles. The Morgan fingerprint density at radius 2 is 2.21 bits per heavy atom. The molecule has 0 bridgehead atoms. The zero-order chi connectivity index (χ0) is 13.5. The van der Waals surface area contributed by atoms with Gasteiger partial charge in [0.2, 0.25) is 5.91 Å². The van der Waals surface area contributed by atoms with E-state index in [0.717, 1.165) is 5.69 Å². The van der Waals surface area contributed by atoms with Crippen LogP contribution in [0.4, 0.5) is 0 Å². The minimum atomic E-state index is -0.0818. The number of carbonyl (C=O) groups excluding carboxylic acids is 1. The minimum absolute atomic E-state index is 0.0818. The molecule has 6 heteroatoms. The van der Waals surface area contributed by atoms with Crippen LogP contribution in [0.5, 0.6) is 5.75 Å². The van der Waals surface area contributed by atoms with Gasteiger partial charge in [-0.2, -0.15) is 5.10 Å². The number of aromatic nitrogens is 2. The van der Waals surface area contributed by atoms with Crippen LogP contribution in [0.2, 0.25) is 5.02 Å². The fraction of sp³-hybridized carbons (Fsp3) is 0.231. The minimum Gasteiger partial charge on any atom is -0.491 e. The fourth-order valence-corrected chi connectivity index (χ4v) is 1.67. The maximum Gasteiger partial charge on any atom is 0.223 e. The molecule has 5 nitrogen and oxygen atoms in total. The Balaban J connectivity index is 1.68. The van der Waals surface area contributed by atoms with Gasteiger partial charge in [0.25, 0.3) is 0 Å². The maximum absolute atomic E-state index is 11.6. The number of H-pyrrole nitrogens is 1. The highest BCUT2D eigenvalue weighted by Gasteiger charge is 2.04. The fourth-order valence-electron chi connectivity index (χ4n) is 1.48. The number of nitrogens with one attached hydrogen (secondary N) is 2. The van der Waals surface area contributed by atoms with Gasteiger partial charge in [0, 0.05) is 6.20 Å². The molecule has 0 radical (unpaired) electrons. The zero-order valence-corrected chi connectivity index (χ0v) is 11.0. The van der Waals surface area contributed by atoms with E-state index in [9.17, 15) is 4.79 Å². The number of ether oxygens (including phenoxy) is 1. The largest absolute Gasteiger partial charge is 0.491 e. The number of hydrogen-bond donors (Lipinski definition) is 2. The van der Waals surface area contributed by atoms with Crippen LogP contribution in [0.15, 0.2) is 36.5 Å². The van der Waals surface area contributed by atoms with Crippen molar-refractivity contribution in [1.29, 1.82) is 0 Å². The average Bonchev–Trinajstić information content (AvgIpc) is 2.92. The molecule has 0 fully saturated rings. The summed E-state index contributed by atoms with van der Waals surface area (Å²) in [5.41, 5.74) is 0.861. The molecule has 0 saturated carbocycles. The number of rotatable bonds is 6. The van der Waals surface area contributed by atoms with Crippen LogP contribution in [0.1, 0.15) is 12.1 Å². The molecule has 0 atom stereocenters. The Morgan fingerprint density at radius 3 is 2.95 bits per heavy atom. The van der Waals surface area contributed by atoms with E-state index < -0.39 is 0 Å². The van der Waals surface area contributed by atoms with E-state index in [1.54, 1.807) is 24.4 Å². The second-order valence-electron chi connectivity index (χ2n) is 3.89. The van der Waals surface area contributed by atoms with Gasteiger partial charge in [-0.3, -0.25) is 9.89 Å². The lowest BCUT2D eigenvalue weighted by atomic mass is 10.3. The summed E-state index contributed by atoms with van der Waals surface area (Å²) in [6, 6.07) is 8.98. The number of hydrogen-bond acceptors (Lipinski definition) is 3. The third-order valence-corrected chi connectivity index (χ3v) is 2.77. The lowest BCUT2D eigenvalue weighted by Crippen LogP contribution is -2.24. The van der Waals surface area contributed by atoms with Crippen molar-refractivity contribution in [1.82, 2.24) is 15.5 Å². The topological polar surface area (TPSA) is 67.0 Å². The number of para-hydroxylation sites is 1.